The first-order valence-corrected chi connectivity index (χ1v) is 5.46. The average Bonchev–Trinajstić information content (AvgIpc) is 2.24. The predicted octanol–water partition coefficient (Wildman–Crippen LogP) is 2.50. The lowest BCUT2D eigenvalue weighted by atomic mass is 10.0. The lowest BCUT2D eigenvalue weighted by Gasteiger charge is -2.18. The molecule has 1 atom stereocenters. The number of carboxylic acids is 1. The third-order valence-electron chi connectivity index (χ3n) is 2.41. The molecule has 0 aromatic heterocycles. The van der Waals surface area contributed by atoms with Crippen LogP contribution in [-0.2, 0) is 15.8 Å². The number of nitrogens with one attached hydrogen (secondary N) is 1. The molecule has 0 fully saturated rings. The second-order valence-corrected chi connectivity index (χ2v) is 4.12. The summed E-state index contributed by atoms with van der Waals surface area (Å²) < 4.78 is 50.9. The predicted molar refractivity (Wildman–Crippen MR) is 60.2 cm³/mol. The minimum Gasteiger partial charge on any atom is -0.481 e. The molecule has 0 saturated heterocycles. The Morgan fingerprint density at radius 1 is 1.30 bits per heavy atom. The van der Waals surface area contributed by atoms with Gasteiger partial charge < -0.3 is 10.4 Å². The van der Waals surface area contributed by atoms with Crippen LogP contribution in [0.15, 0.2) is 18.2 Å². The zero-order valence-electron chi connectivity index (χ0n) is 10.3. The molecule has 0 aliphatic heterocycles. The lowest BCUT2D eigenvalue weighted by Crippen LogP contribution is -2.28. The summed E-state index contributed by atoms with van der Waals surface area (Å²) >= 11 is 0. The summed E-state index contributed by atoms with van der Waals surface area (Å²) in [6.07, 6.45) is -5.42. The van der Waals surface area contributed by atoms with Crippen molar-refractivity contribution in [3.05, 3.63) is 35.1 Å². The molecule has 1 aromatic rings. The first kappa shape index (κ1) is 15.9. The van der Waals surface area contributed by atoms with Crippen LogP contribution < -0.4 is 5.32 Å². The molecule has 0 bridgehead atoms. The van der Waals surface area contributed by atoms with E-state index in [0.717, 1.165) is 13.0 Å². The molecule has 4 nitrogen and oxygen atoms in total. The van der Waals surface area contributed by atoms with Gasteiger partial charge in [-0.1, -0.05) is 0 Å². The molecule has 0 spiro atoms. The average molecular weight is 293 g/mol. The normalized spacial score (nSPS) is 12.8. The fraction of sp³-hybridized carbons (Fsp3) is 0.333. The summed E-state index contributed by atoms with van der Waals surface area (Å²) in [5, 5.41) is 10.9. The maximum Gasteiger partial charge on any atom is 0.416 e. The van der Waals surface area contributed by atoms with E-state index in [9.17, 15) is 27.2 Å². The van der Waals surface area contributed by atoms with Crippen molar-refractivity contribution >= 4 is 11.9 Å². The molecule has 1 unspecified atom stereocenters. The molecule has 1 aromatic carbocycles. The molecule has 0 radical (unpaired) electrons. The topological polar surface area (TPSA) is 66.4 Å². The largest absolute Gasteiger partial charge is 0.481 e. The Morgan fingerprint density at radius 3 is 2.35 bits per heavy atom. The van der Waals surface area contributed by atoms with Crippen molar-refractivity contribution in [1.82, 2.24) is 5.32 Å². The molecule has 1 rings (SSSR count). The Bertz CT molecular complexity index is 512. The lowest BCUT2D eigenvalue weighted by molar-refractivity contribution is -0.138. The zero-order valence-corrected chi connectivity index (χ0v) is 10.3. The van der Waals surface area contributed by atoms with Crippen LogP contribution >= 0.6 is 0 Å². The molecule has 20 heavy (non-hydrogen) atoms. The Balaban J connectivity index is 3.21. The highest BCUT2D eigenvalue weighted by molar-refractivity contribution is 5.75. The van der Waals surface area contributed by atoms with E-state index in [1.165, 1.54) is 0 Å². The van der Waals surface area contributed by atoms with E-state index in [1.807, 2.05) is 0 Å². The highest BCUT2D eigenvalue weighted by Gasteiger charge is 2.32. The molecular weight excluding hydrogens is 282 g/mol. The second-order valence-electron chi connectivity index (χ2n) is 4.12. The highest BCUT2D eigenvalue weighted by Crippen LogP contribution is 2.32. The van der Waals surface area contributed by atoms with Crippen LogP contribution in [0.4, 0.5) is 17.6 Å². The minimum absolute atomic E-state index is 0.255. The fourth-order valence-corrected chi connectivity index (χ4v) is 1.65. The smallest absolute Gasteiger partial charge is 0.416 e. The maximum absolute atomic E-state index is 13.2. The Hall–Kier alpha value is -2.12. The van der Waals surface area contributed by atoms with E-state index in [-0.39, 0.29) is 5.56 Å². The van der Waals surface area contributed by atoms with E-state index in [4.69, 9.17) is 5.11 Å². The number of hydrogen-bond acceptors (Lipinski definition) is 2. The van der Waals surface area contributed by atoms with Gasteiger partial charge in [0.25, 0.3) is 0 Å². The van der Waals surface area contributed by atoms with E-state index in [1.54, 1.807) is 0 Å². The third-order valence-corrected chi connectivity index (χ3v) is 2.41. The van der Waals surface area contributed by atoms with E-state index in [2.05, 4.69) is 5.32 Å². The summed E-state index contributed by atoms with van der Waals surface area (Å²) in [7, 11) is 0. The Morgan fingerprint density at radius 2 is 1.90 bits per heavy atom. The third kappa shape index (κ3) is 4.52. The number of halogens is 4. The van der Waals surface area contributed by atoms with Crippen molar-refractivity contribution in [2.45, 2.75) is 25.6 Å². The van der Waals surface area contributed by atoms with Gasteiger partial charge in [0.15, 0.2) is 0 Å². The first-order valence-electron chi connectivity index (χ1n) is 5.46. The number of benzene rings is 1. The van der Waals surface area contributed by atoms with Crippen molar-refractivity contribution in [2.24, 2.45) is 0 Å². The molecule has 110 valence electrons. The van der Waals surface area contributed by atoms with Gasteiger partial charge in [-0.25, -0.2) is 4.39 Å². The van der Waals surface area contributed by atoms with Crippen molar-refractivity contribution in [3.8, 4) is 0 Å². The molecule has 0 aliphatic carbocycles. The summed E-state index contributed by atoms with van der Waals surface area (Å²) in [4.78, 5) is 21.6. The number of carbonyl (C=O) groups is 2. The second kappa shape index (κ2) is 5.89. The van der Waals surface area contributed by atoms with Gasteiger partial charge in [0.05, 0.1) is 18.0 Å². The van der Waals surface area contributed by atoms with Crippen molar-refractivity contribution < 1.29 is 32.3 Å². The number of carbonyl (C=O) groups excluding carboxylic acids is 1. The number of hydrogen-bond donors (Lipinski definition) is 2. The van der Waals surface area contributed by atoms with Crippen LogP contribution in [0.3, 0.4) is 0 Å². The first-order chi connectivity index (χ1) is 9.09. The van der Waals surface area contributed by atoms with Crippen LogP contribution in [0.1, 0.15) is 30.5 Å². The van der Waals surface area contributed by atoms with Crippen LogP contribution in [0, 0.1) is 5.82 Å². The molecule has 1 amide bonds. The number of aliphatic carboxylic acids is 1. The Labute approximate surface area is 111 Å². The number of alkyl halides is 3. The SMILES string of the molecule is CC(=O)NC(CC(=O)O)c1cc(F)cc(C(F)(F)F)c1. The Kier molecular flexibility index (Phi) is 4.69. The summed E-state index contributed by atoms with van der Waals surface area (Å²) in [5.41, 5.74) is -1.50. The molecule has 8 heteroatoms. The summed E-state index contributed by atoms with van der Waals surface area (Å²) in [6, 6.07) is 0.447. The van der Waals surface area contributed by atoms with Gasteiger partial charge >= 0.3 is 12.1 Å². The highest BCUT2D eigenvalue weighted by atomic mass is 19.4. The van der Waals surface area contributed by atoms with Gasteiger partial charge in [0.2, 0.25) is 5.91 Å². The minimum atomic E-state index is -4.76. The van der Waals surface area contributed by atoms with Gasteiger partial charge in [-0.3, -0.25) is 9.59 Å². The monoisotopic (exact) mass is 293 g/mol. The van der Waals surface area contributed by atoms with Crippen LogP contribution in [0.25, 0.3) is 0 Å². The molecule has 0 saturated carbocycles. The summed E-state index contributed by atoms with van der Waals surface area (Å²) in [5.74, 6) is -3.12. The van der Waals surface area contributed by atoms with Gasteiger partial charge in [0.1, 0.15) is 5.82 Å². The fourth-order valence-electron chi connectivity index (χ4n) is 1.65. The van der Waals surface area contributed by atoms with Crippen LogP contribution in [0.2, 0.25) is 0 Å². The molecule has 2 N–H and O–H groups in total. The van der Waals surface area contributed by atoms with E-state index in [0.29, 0.717) is 12.1 Å². The molecule has 0 heterocycles. The van der Waals surface area contributed by atoms with Gasteiger partial charge in [-0.15, -0.1) is 0 Å². The van der Waals surface area contributed by atoms with Crippen LogP contribution in [-0.4, -0.2) is 17.0 Å². The summed E-state index contributed by atoms with van der Waals surface area (Å²) in [6.45, 7) is 1.08. The standard InChI is InChI=1S/C12H11F4NO3/c1-6(18)17-10(5-11(19)20)7-2-8(12(14,15)16)4-9(13)3-7/h2-4,10H,5H2,1H3,(H,17,18)(H,19,20). The van der Waals surface area contributed by atoms with Gasteiger partial charge in [-0.05, 0) is 23.8 Å². The van der Waals surface area contributed by atoms with Gasteiger partial charge in [-0.2, -0.15) is 13.2 Å². The number of amides is 1. The van der Waals surface area contributed by atoms with Crippen molar-refractivity contribution in [3.63, 3.8) is 0 Å². The quantitative estimate of drug-likeness (QED) is 0.838. The van der Waals surface area contributed by atoms with Crippen molar-refractivity contribution in [1.29, 1.82) is 0 Å². The molecule has 0 aliphatic rings. The van der Waals surface area contributed by atoms with Crippen molar-refractivity contribution in [2.75, 3.05) is 0 Å². The van der Waals surface area contributed by atoms with Crippen LogP contribution in [0.5, 0.6) is 0 Å². The van der Waals surface area contributed by atoms with Gasteiger partial charge in [0, 0.05) is 6.92 Å². The van der Waals surface area contributed by atoms with E-state index >= 15 is 0 Å². The zero-order chi connectivity index (χ0) is 15.5. The van der Waals surface area contributed by atoms with E-state index < -0.39 is 41.9 Å². The maximum atomic E-state index is 13.2. The number of carboxylic acid groups (broad SMARTS) is 1. The molecular formula is C12H11F4NO3. The number of rotatable bonds is 4.